The summed E-state index contributed by atoms with van der Waals surface area (Å²) in [6, 6.07) is 9.83. The van der Waals surface area contributed by atoms with Crippen molar-refractivity contribution in [3.63, 3.8) is 0 Å². The van der Waals surface area contributed by atoms with Crippen LogP contribution in [0.3, 0.4) is 0 Å². The summed E-state index contributed by atoms with van der Waals surface area (Å²) in [6.07, 6.45) is 8.51. The summed E-state index contributed by atoms with van der Waals surface area (Å²) < 4.78 is 5.59. The molecule has 0 atom stereocenters. The van der Waals surface area contributed by atoms with Gasteiger partial charge in [-0.25, -0.2) is 0 Å². The second-order valence-electron chi connectivity index (χ2n) is 7.04. The topological polar surface area (TPSA) is 29.3 Å². The van der Waals surface area contributed by atoms with E-state index in [2.05, 4.69) is 41.2 Å². The number of rotatable bonds is 6. The van der Waals surface area contributed by atoms with Gasteiger partial charge in [-0.1, -0.05) is 36.3 Å². The maximum absolute atomic E-state index is 5.59. The molecule has 4 rings (SSSR count). The minimum absolute atomic E-state index is 0.733. The minimum atomic E-state index is 0.733. The third-order valence-corrected chi connectivity index (χ3v) is 5.26. The first-order valence-electron chi connectivity index (χ1n) is 9.11. The van der Waals surface area contributed by atoms with Crippen LogP contribution < -0.4 is 0 Å². The Labute approximate surface area is 138 Å². The maximum atomic E-state index is 5.59. The summed E-state index contributed by atoms with van der Waals surface area (Å²) in [7, 11) is 0. The van der Waals surface area contributed by atoms with Gasteiger partial charge in [-0.2, -0.15) is 0 Å². The zero-order valence-electron chi connectivity index (χ0n) is 14.1. The number of aromatic nitrogens is 1. The van der Waals surface area contributed by atoms with Crippen LogP contribution in [0, 0.1) is 0 Å². The number of hydrogen-bond acceptors (Lipinski definition) is 3. The minimum Gasteiger partial charge on any atom is -0.361 e. The van der Waals surface area contributed by atoms with E-state index in [4.69, 9.17) is 4.52 Å². The summed E-state index contributed by atoms with van der Waals surface area (Å²) in [5.41, 5.74) is 5.42. The molecule has 1 heterocycles. The summed E-state index contributed by atoms with van der Waals surface area (Å²) >= 11 is 0. The molecule has 0 unspecified atom stereocenters. The Bertz CT molecular complexity index is 655. The van der Waals surface area contributed by atoms with Crippen molar-refractivity contribution in [2.45, 2.75) is 71.0 Å². The molecule has 1 aromatic heterocycles. The average Bonchev–Trinajstić information content (AvgIpc) is 3.37. The lowest BCUT2D eigenvalue weighted by atomic mass is 9.96. The Hall–Kier alpha value is -1.61. The second-order valence-corrected chi connectivity index (χ2v) is 7.04. The molecule has 1 aromatic carbocycles. The third kappa shape index (κ3) is 3.35. The molecule has 1 saturated carbocycles. The summed E-state index contributed by atoms with van der Waals surface area (Å²) in [4.78, 5) is 2.59. The van der Waals surface area contributed by atoms with Crippen molar-refractivity contribution in [2.24, 2.45) is 0 Å². The molecule has 1 fully saturated rings. The Morgan fingerprint density at radius 3 is 2.52 bits per heavy atom. The SMILES string of the molecule is CCc1ccc(CN(Cc2noc3c2CCCC3)C2CC2)cc1. The molecule has 0 radical (unpaired) electrons. The van der Waals surface area contributed by atoms with Crippen molar-refractivity contribution in [3.8, 4) is 0 Å². The predicted molar refractivity (Wildman–Crippen MR) is 91.2 cm³/mol. The lowest BCUT2D eigenvalue weighted by molar-refractivity contribution is 0.236. The van der Waals surface area contributed by atoms with E-state index in [1.54, 1.807) is 0 Å². The van der Waals surface area contributed by atoms with Crippen molar-refractivity contribution < 1.29 is 4.52 Å². The van der Waals surface area contributed by atoms with Gasteiger partial charge in [0, 0.05) is 31.1 Å². The van der Waals surface area contributed by atoms with Crippen LogP contribution in [0.5, 0.6) is 0 Å². The first kappa shape index (κ1) is 14.9. The van der Waals surface area contributed by atoms with Crippen LogP contribution in [-0.2, 0) is 32.4 Å². The smallest absolute Gasteiger partial charge is 0.140 e. The van der Waals surface area contributed by atoms with Crippen molar-refractivity contribution in [3.05, 3.63) is 52.4 Å². The van der Waals surface area contributed by atoms with Crippen LogP contribution in [0.4, 0.5) is 0 Å². The molecule has 0 amide bonds. The fraction of sp³-hybridized carbons (Fsp3) is 0.550. The van der Waals surface area contributed by atoms with Crippen LogP contribution in [0.15, 0.2) is 28.8 Å². The highest BCUT2D eigenvalue weighted by molar-refractivity contribution is 5.26. The highest BCUT2D eigenvalue weighted by atomic mass is 16.5. The van der Waals surface area contributed by atoms with Crippen LogP contribution in [-0.4, -0.2) is 16.1 Å². The summed E-state index contributed by atoms with van der Waals surface area (Å²) in [5, 5.41) is 4.40. The Kier molecular flexibility index (Phi) is 4.21. The van der Waals surface area contributed by atoms with Crippen LogP contribution in [0.1, 0.15) is 60.8 Å². The molecule has 0 bridgehead atoms. The van der Waals surface area contributed by atoms with E-state index in [0.29, 0.717) is 0 Å². The molecule has 2 aliphatic carbocycles. The number of hydrogen-bond donors (Lipinski definition) is 0. The normalized spacial score (nSPS) is 17.5. The summed E-state index contributed by atoms with van der Waals surface area (Å²) in [5.74, 6) is 1.15. The number of nitrogens with zero attached hydrogens (tertiary/aromatic N) is 2. The van der Waals surface area contributed by atoms with Gasteiger partial charge in [-0.05, 0) is 49.7 Å². The fourth-order valence-electron chi connectivity index (χ4n) is 3.63. The first-order chi connectivity index (χ1) is 11.3. The molecule has 2 aromatic rings. The Morgan fingerprint density at radius 1 is 1.04 bits per heavy atom. The first-order valence-corrected chi connectivity index (χ1v) is 9.11. The number of aryl methyl sites for hydroxylation is 2. The van der Waals surface area contributed by atoms with E-state index in [0.717, 1.165) is 44.2 Å². The lowest BCUT2D eigenvalue weighted by Crippen LogP contribution is -2.26. The van der Waals surface area contributed by atoms with Gasteiger partial charge in [0.1, 0.15) is 11.5 Å². The molecule has 0 N–H and O–H groups in total. The number of benzene rings is 1. The van der Waals surface area contributed by atoms with E-state index in [1.807, 2.05) is 0 Å². The standard InChI is InChI=1S/C20H26N2O/c1-2-15-7-9-16(10-8-15)13-22(17-11-12-17)14-19-18-5-3-4-6-20(18)23-21-19/h7-10,17H,2-6,11-14H2,1H3. The van der Waals surface area contributed by atoms with Gasteiger partial charge < -0.3 is 4.52 Å². The molecule has 2 aliphatic rings. The highest BCUT2D eigenvalue weighted by Gasteiger charge is 2.31. The van der Waals surface area contributed by atoms with Gasteiger partial charge in [0.25, 0.3) is 0 Å². The molecule has 0 aliphatic heterocycles. The maximum Gasteiger partial charge on any atom is 0.140 e. The van der Waals surface area contributed by atoms with Crippen LogP contribution in [0.2, 0.25) is 0 Å². The van der Waals surface area contributed by atoms with Crippen molar-refractivity contribution in [1.82, 2.24) is 10.1 Å². The quantitative estimate of drug-likeness (QED) is 0.797. The Balaban J connectivity index is 1.48. The number of fused-ring (bicyclic) bond motifs is 1. The van der Waals surface area contributed by atoms with E-state index in [-0.39, 0.29) is 0 Å². The zero-order valence-corrected chi connectivity index (χ0v) is 14.1. The fourth-order valence-corrected chi connectivity index (χ4v) is 3.63. The van der Waals surface area contributed by atoms with Crippen LogP contribution in [0.25, 0.3) is 0 Å². The Morgan fingerprint density at radius 2 is 1.78 bits per heavy atom. The molecule has 23 heavy (non-hydrogen) atoms. The monoisotopic (exact) mass is 310 g/mol. The molecule has 3 nitrogen and oxygen atoms in total. The average molecular weight is 310 g/mol. The van der Waals surface area contributed by atoms with E-state index in [1.165, 1.54) is 48.1 Å². The molecular weight excluding hydrogens is 284 g/mol. The van der Waals surface area contributed by atoms with Gasteiger partial charge in [0.05, 0.1) is 0 Å². The van der Waals surface area contributed by atoms with Gasteiger partial charge in [-0.15, -0.1) is 0 Å². The largest absolute Gasteiger partial charge is 0.361 e. The molecule has 0 saturated heterocycles. The van der Waals surface area contributed by atoms with Gasteiger partial charge in [0.15, 0.2) is 0 Å². The molecule has 122 valence electrons. The molecule has 0 spiro atoms. The van der Waals surface area contributed by atoms with Crippen molar-refractivity contribution in [1.29, 1.82) is 0 Å². The van der Waals surface area contributed by atoms with Crippen LogP contribution >= 0.6 is 0 Å². The highest BCUT2D eigenvalue weighted by Crippen LogP contribution is 2.32. The van der Waals surface area contributed by atoms with E-state index < -0.39 is 0 Å². The molecular formula is C20H26N2O. The van der Waals surface area contributed by atoms with E-state index >= 15 is 0 Å². The lowest BCUT2D eigenvalue weighted by Gasteiger charge is -2.22. The zero-order chi connectivity index (χ0) is 15.6. The van der Waals surface area contributed by atoms with Gasteiger partial charge in [-0.3, -0.25) is 4.90 Å². The second kappa shape index (κ2) is 6.48. The van der Waals surface area contributed by atoms with Crippen molar-refractivity contribution in [2.75, 3.05) is 0 Å². The van der Waals surface area contributed by atoms with Crippen molar-refractivity contribution >= 4 is 0 Å². The third-order valence-electron chi connectivity index (χ3n) is 5.26. The van der Waals surface area contributed by atoms with Gasteiger partial charge >= 0.3 is 0 Å². The molecule has 3 heteroatoms. The van der Waals surface area contributed by atoms with E-state index in [9.17, 15) is 0 Å². The van der Waals surface area contributed by atoms with Gasteiger partial charge in [0.2, 0.25) is 0 Å². The summed E-state index contributed by atoms with van der Waals surface area (Å²) in [6.45, 7) is 4.18. The predicted octanol–water partition coefficient (Wildman–Crippen LogP) is 4.28.